The van der Waals surface area contributed by atoms with Crippen molar-refractivity contribution < 1.29 is 14.3 Å². The predicted octanol–water partition coefficient (Wildman–Crippen LogP) is 3.76. The highest BCUT2D eigenvalue weighted by molar-refractivity contribution is 5.97. The Labute approximate surface area is 148 Å². The Hall–Kier alpha value is -2.04. The van der Waals surface area contributed by atoms with E-state index in [1.807, 2.05) is 31.2 Å². The van der Waals surface area contributed by atoms with Gasteiger partial charge in [0, 0.05) is 18.0 Å². The van der Waals surface area contributed by atoms with Crippen LogP contribution in [-0.2, 0) is 0 Å². The molecule has 1 saturated heterocycles. The van der Waals surface area contributed by atoms with Crippen LogP contribution in [0.2, 0.25) is 0 Å². The van der Waals surface area contributed by atoms with Gasteiger partial charge in [-0.15, -0.1) is 0 Å². The normalized spacial score (nSPS) is 17.4. The summed E-state index contributed by atoms with van der Waals surface area (Å²) in [5, 5.41) is 10.3. The van der Waals surface area contributed by atoms with Crippen molar-refractivity contribution >= 4 is 5.78 Å². The summed E-state index contributed by atoms with van der Waals surface area (Å²) in [7, 11) is 0. The van der Waals surface area contributed by atoms with Crippen molar-refractivity contribution in [2.75, 3.05) is 19.6 Å². The number of hydrogen-bond donors (Lipinski definition) is 1. The van der Waals surface area contributed by atoms with Crippen molar-refractivity contribution in [3.8, 4) is 0 Å². The van der Waals surface area contributed by atoms with Crippen molar-refractivity contribution in [2.24, 2.45) is 5.92 Å². The number of piperidine rings is 1. The standard InChI is InChI=1S/C21H24FNO2/c1-15-2-4-17(5-3-15)21(25)18-10-12-23(13-11-18)14-20(24)16-6-8-19(22)9-7-16/h2-9,18,20,24H,10-14H2,1H3. The maximum Gasteiger partial charge on any atom is 0.166 e. The van der Waals surface area contributed by atoms with Gasteiger partial charge in [0.2, 0.25) is 0 Å². The summed E-state index contributed by atoms with van der Waals surface area (Å²) < 4.78 is 13.0. The van der Waals surface area contributed by atoms with Crippen LogP contribution < -0.4 is 0 Å². The molecule has 2 aromatic carbocycles. The number of nitrogens with zero attached hydrogens (tertiary/aromatic N) is 1. The molecule has 1 unspecified atom stereocenters. The maximum absolute atomic E-state index is 13.0. The minimum Gasteiger partial charge on any atom is -0.387 e. The third-order valence-electron chi connectivity index (χ3n) is 4.98. The molecular formula is C21H24FNO2. The fourth-order valence-corrected chi connectivity index (χ4v) is 3.37. The van der Waals surface area contributed by atoms with E-state index >= 15 is 0 Å². The zero-order valence-electron chi connectivity index (χ0n) is 14.5. The lowest BCUT2D eigenvalue weighted by molar-refractivity contribution is 0.0727. The summed E-state index contributed by atoms with van der Waals surface area (Å²) >= 11 is 0. The molecule has 0 spiro atoms. The maximum atomic E-state index is 13.0. The smallest absolute Gasteiger partial charge is 0.166 e. The number of aliphatic hydroxyl groups is 1. The molecule has 3 rings (SSSR count). The van der Waals surface area contributed by atoms with Crippen molar-refractivity contribution in [1.29, 1.82) is 0 Å². The molecular weight excluding hydrogens is 317 g/mol. The molecule has 0 saturated carbocycles. The number of likely N-dealkylation sites (tertiary alicyclic amines) is 1. The highest BCUT2D eigenvalue weighted by Gasteiger charge is 2.26. The average molecular weight is 341 g/mol. The molecule has 1 N–H and O–H groups in total. The van der Waals surface area contributed by atoms with E-state index in [1.165, 1.54) is 12.1 Å². The molecule has 1 heterocycles. The number of ketones is 1. The molecule has 0 bridgehead atoms. The van der Waals surface area contributed by atoms with Gasteiger partial charge in [-0.2, -0.15) is 0 Å². The lowest BCUT2D eigenvalue weighted by Crippen LogP contribution is -2.38. The molecule has 0 amide bonds. The number of Topliss-reactive ketones (excluding diaryl/α,β-unsaturated/α-hetero) is 1. The van der Waals surface area contributed by atoms with Crippen molar-refractivity contribution in [3.63, 3.8) is 0 Å². The number of aliphatic hydroxyl groups excluding tert-OH is 1. The topological polar surface area (TPSA) is 40.5 Å². The quantitative estimate of drug-likeness (QED) is 0.842. The van der Waals surface area contributed by atoms with Crippen molar-refractivity contribution in [1.82, 2.24) is 4.90 Å². The second kappa shape index (κ2) is 7.89. The summed E-state index contributed by atoms with van der Waals surface area (Å²) in [6, 6.07) is 13.7. The number of carbonyl (C=O) groups excluding carboxylic acids is 1. The molecule has 1 aliphatic rings. The van der Waals surface area contributed by atoms with E-state index in [-0.39, 0.29) is 17.5 Å². The summed E-state index contributed by atoms with van der Waals surface area (Å²) in [5.74, 6) is -0.0213. The van der Waals surface area contributed by atoms with Gasteiger partial charge >= 0.3 is 0 Å². The van der Waals surface area contributed by atoms with E-state index in [4.69, 9.17) is 0 Å². The van der Waals surface area contributed by atoms with Gasteiger partial charge in [-0.3, -0.25) is 4.79 Å². The molecule has 0 aromatic heterocycles. The molecule has 0 radical (unpaired) electrons. The largest absolute Gasteiger partial charge is 0.387 e. The first-order valence-corrected chi connectivity index (χ1v) is 8.79. The Kier molecular flexibility index (Phi) is 5.61. The van der Waals surface area contributed by atoms with Gasteiger partial charge in [-0.05, 0) is 50.6 Å². The van der Waals surface area contributed by atoms with E-state index in [0.717, 1.165) is 42.6 Å². The number of β-amino-alcohol motifs (C(OH)–C–C–N with tert-alkyl or cyclic N) is 1. The van der Waals surface area contributed by atoms with Crippen LogP contribution in [0.5, 0.6) is 0 Å². The monoisotopic (exact) mass is 341 g/mol. The van der Waals surface area contributed by atoms with Gasteiger partial charge in [-0.25, -0.2) is 4.39 Å². The van der Waals surface area contributed by atoms with E-state index in [2.05, 4.69) is 4.90 Å². The summed E-state index contributed by atoms with van der Waals surface area (Å²) in [6.07, 6.45) is 0.982. The van der Waals surface area contributed by atoms with E-state index in [1.54, 1.807) is 12.1 Å². The van der Waals surface area contributed by atoms with Gasteiger partial charge in [-0.1, -0.05) is 42.0 Å². The predicted molar refractivity (Wildman–Crippen MR) is 96.0 cm³/mol. The van der Waals surface area contributed by atoms with E-state index in [0.29, 0.717) is 6.54 Å². The van der Waals surface area contributed by atoms with Crippen LogP contribution >= 0.6 is 0 Å². The first-order chi connectivity index (χ1) is 12.0. The first kappa shape index (κ1) is 17.8. The number of aryl methyl sites for hydroxylation is 1. The van der Waals surface area contributed by atoms with E-state index < -0.39 is 6.10 Å². The molecule has 0 aliphatic carbocycles. The van der Waals surface area contributed by atoms with Gasteiger partial charge in [0.05, 0.1) is 6.10 Å². The van der Waals surface area contributed by atoms with Crippen LogP contribution in [-0.4, -0.2) is 35.4 Å². The number of halogens is 1. The molecule has 1 aliphatic heterocycles. The Morgan fingerprint density at radius 2 is 1.72 bits per heavy atom. The molecule has 1 fully saturated rings. The second-order valence-electron chi connectivity index (χ2n) is 6.87. The first-order valence-electron chi connectivity index (χ1n) is 8.79. The molecule has 4 heteroatoms. The molecule has 1 atom stereocenters. The third-order valence-corrected chi connectivity index (χ3v) is 4.98. The van der Waals surface area contributed by atoms with Crippen molar-refractivity contribution in [2.45, 2.75) is 25.9 Å². The Morgan fingerprint density at radius 1 is 1.12 bits per heavy atom. The van der Waals surface area contributed by atoms with Crippen LogP contribution in [0.15, 0.2) is 48.5 Å². The fraction of sp³-hybridized carbons (Fsp3) is 0.381. The molecule has 3 nitrogen and oxygen atoms in total. The summed E-state index contributed by atoms with van der Waals surface area (Å²) in [4.78, 5) is 14.8. The van der Waals surface area contributed by atoms with Gasteiger partial charge in [0.1, 0.15) is 5.82 Å². The van der Waals surface area contributed by atoms with Gasteiger partial charge in [0.25, 0.3) is 0 Å². The highest BCUT2D eigenvalue weighted by atomic mass is 19.1. The highest BCUT2D eigenvalue weighted by Crippen LogP contribution is 2.24. The minimum absolute atomic E-state index is 0.0573. The Bertz CT molecular complexity index is 704. The van der Waals surface area contributed by atoms with Gasteiger partial charge < -0.3 is 10.0 Å². The number of hydrogen-bond acceptors (Lipinski definition) is 3. The molecule has 2 aromatic rings. The summed E-state index contributed by atoms with van der Waals surface area (Å²) in [6.45, 7) is 4.11. The molecule has 25 heavy (non-hydrogen) atoms. The zero-order valence-corrected chi connectivity index (χ0v) is 14.5. The lowest BCUT2D eigenvalue weighted by Gasteiger charge is -2.32. The zero-order chi connectivity index (χ0) is 17.8. The van der Waals surface area contributed by atoms with Crippen LogP contribution in [0.1, 0.15) is 40.4 Å². The second-order valence-corrected chi connectivity index (χ2v) is 6.87. The number of benzene rings is 2. The lowest BCUT2D eigenvalue weighted by atomic mass is 9.88. The average Bonchev–Trinajstić information content (AvgIpc) is 2.63. The Balaban J connectivity index is 1.52. The fourth-order valence-electron chi connectivity index (χ4n) is 3.37. The SMILES string of the molecule is Cc1ccc(C(=O)C2CCN(CC(O)c3ccc(F)cc3)CC2)cc1. The summed E-state index contributed by atoms with van der Waals surface area (Å²) in [5.41, 5.74) is 2.66. The van der Waals surface area contributed by atoms with E-state index in [9.17, 15) is 14.3 Å². The third kappa shape index (κ3) is 4.53. The van der Waals surface area contributed by atoms with Gasteiger partial charge in [0.15, 0.2) is 5.78 Å². The number of rotatable bonds is 5. The Morgan fingerprint density at radius 3 is 2.32 bits per heavy atom. The van der Waals surface area contributed by atoms with Crippen molar-refractivity contribution in [3.05, 3.63) is 71.0 Å². The molecule has 132 valence electrons. The van der Waals surface area contributed by atoms with Crippen LogP contribution in [0.3, 0.4) is 0 Å². The number of carbonyl (C=O) groups is 1. The van der Waals surface area contributed by atoms with Crippen LogP contribution in [0.4, 0.5) is 4.39 Å². The van der Waals surface area contributed by atoms with Crippen LogP contribution in [0, 0.1) is 18.7 Å². The van der Waals surface area contributed by atoms with Crippen LogP contribution in [0.25, 0.3) is 0 Å². The minimum atomic E-state index is -0.634.